The molecule has 31 heavy (non-hydrogen) atoms. The van der Waals surface area contributed by atoms with Crippen LogP contribution in [0.15, 0.2) is 60.0 Å². The van der Waals surface area contributed by atoms with E-state index in [2.05, 4.69) is 4.98 Å². The zero-order chi connectivity index (χ0) is 21.2. The van der Waals surface area contributed by atoms with Gasteiger partial charge in [-0.2, -0.15) is 0 Å². The van der Waals surface area contributed by atoms with E-state index in [0.29, 0.717) is 24.0 Å². The lowest BCUT2D eigenvalue weighted by Crippen LogP contribution is -2.32. The topological polar surface area (TPSA) is 56.6 Å². The molecule has 0 radical (unpaired) electrons. The van der Waals surface area contributed by atoms with E-state index < -0.39 is 0 Å². The predicted octanol–water partition coefficient (Wildman–Crippen LogP) is 4.75. The smallest absolute Gasteiger partial charge is 0.233 e. The van der Waals surface area contributed by atoms with Crippen molar-refractivity contribution in [1.29, 1.82) is 0 Å². The maximum absolute atomic E-state index is 13.1. The zero-order valence-corrected chi connectivity index (χ0v) is 18.4. The summed E-state index contributed by atoms with van der Waals surface area (Å²) in [5.41, 5.74) is 2.02. The van der Waals surface area contributed by atoms with Crippen LogP contribution in [0.1, 0.15) is 24.4 Å². The molecular formula is C23H22ClN3O3S. The van der Waals surface area contributed by atoms with Gasteiger partial charge in [-0.25, -0.2) is 4.98 Å². The Kier molecular flexibility index (Phi) is 5.78. The Morgan fingerprint density at radius 2 is 2.03 bits per heavy atom. The molecule has 2 aliphatic rings. The Morgan fingerprint density at radius 1 is 1.16 bits per heavy atom. The summed E-state index contributed by atoms with van der Waals surface area (Å²) < 4.78 is 13.3. The summed E-state index contributed by atoms with van der Waals surface area (Å²) >= 11 is 7.57. The van der Waals surface area contributed by atoms with Crippen molar-refractivity contribution in [3.05, 3.63) is 65.4 Å². The van der Waals surface area contributed by atoms with Gasteiger partial charge >= 0.3 is 0 Å². The Labute approximate surface area is 190 Å². The van der Waals surface area contributed by atoms with Crippen molar-refractivity contribution < 1.29 is 14.3 Å². The minimum atomic E-state index is 0.0663. The third-order valence-corrected chi connectivity index (χ3v) is 6.73. The van der Waals surface area contributed by atoms with Gasteiger partial charge in [0.15, 0.2) is 16.7 Å². The molecule has 0 N–H and O–H groups in total. The number of hydrogen-bond donors (Lipinski definition) is 0. The Balaban J connectivity index is 1.28. The third kappa shape index (κ3) is 4.25. The number of hydrogen-bond acceptors (Lipinski definition) is 5. The molecule has 5 rings (SSSR count). The van der Waals surface area contributed by atoms with Gasteiger partial charge < -0.3 is 14.4 Å². The van der Waals surface area contributed by atoms with Crippen LogP contribution >= 0.6 is 23.4 Å². The Hall–Kier alpha value is -2.64. The van der Waals surface area contributed by atoms with Gasteiger partial charge in [-0.05, 0) is 48.7 Å². The van der Waals surface area contributed by atoms with E-state index in [9.17, 15) is 4.79 Å². The predicted molar refractivity (Wildman–Crippen MR) is 120 cm³/mol. The van der Waals surface area contributed by atoms with Gasteiger partial charge in [0, 0.05) is 29.6 Å². The molecule has 160 valence electrons. The van der Waals surface area contributed by atoms with Gasteiger partial charge in [-0.3, -0.25) is 9.36 Å². The van der Waals surface area contributed by atoms with Crippen LogP contribution in [-0.4, -0.2) is 45.9 Å². The number of carbonyl (C=O) groups is 1. The van der Waals surface area contributed by atoms with Crippen molar-refractivity contribution in [1.82, 2.24) is 14.5 Å². The summed E-state index contributed by atoms with van der Waals surface area (Å²) in [6.07, 6.45) is 5.56. The second-order valence-corrected chi connectivity index (χ2v) is 8.88. The lowest BCUT2D eigenvalue weighted by atomic mass is 10.0. The van der Waals surface area contributed by atoms with Crippen molar-refractivity contribution in [3.8, 4) is 17.2 Å². The van der Waals surface area contributed by atoms with Crippen molar-refractivity contribution >= 4 is 29.3 Å². The first-order valence-electron chi connectivity index (χ1n) is 10.3. The summed E-state index contributed by atoms with van der Waals surface area (Å²) in [5.74, 6) is 1.98. The highest BCUT2D eigenvalue weighted by Gasteiger charge is 2.31. The van der Waals surface area contributed by atoms with Crippen molar-refractivity contribution in [2.75, 3.05) is 25.5 Å². The number of amides is 1. The average molecular weight is 456 g/mol. The molecule has 1 unspecified atom stereocenters. The van der Waals surface area contributed by atoms with E-state index in [-0.39, 0.29) is 11.9 Å². The summed E-state index contributed by atoms with van der Waals surface area (Å²) in [4.78, 5) is 19.5. The number of nitrogens with zero attached hydrogens (tertiary/aromatic N) is 3. The largest absolute Gasteiger partial charge is 0.486 e. The number of thioether (sulfide) groups is 1. The second-order valence-electron chi connectivity index (χ2n) is 7.50. The van der Waals surface area contributed by atoms with Crippen LogP contribution in [0.4, 0.5) is 0 Å². The number of fused-ring (bicyclic) bond motifs is 1. The van der Waals surface area contributed by atoms with E-state index >= 15 is 0 Å². The van der Waals surface area contributed by atoms with Crippen LogP contribution in [0.5, 0.6) is 11.5 Å². The van der Waals surface area contributed by atoms with Crippen molar-refractivity contribution in [3.63, 3.8) is 0 Å². The highest BCUT2D eigenvalue weighted by molar-refractivity contribution is 7.99. The molecule has 1 aromatic heterocycles. The molecule has 0 saturated carbocycles. The molecule has 0 bridgehead atoms. The van der Waals surface area contributed by atoms with Gasteiger partial charge in [0.2, 0.25) is 5.91 Å². The number of rotatable bonds is 5. The van der Waals surface area contributed by atoms with Crippen LogP contribution in [0, 0.1) is 0 Å². The number of ether oxygens (including phenoxy) is 2. The van der Waals surface area contributed by atoms with Gasteiger partial charge in [0.05, 0.1) is 11.8 Å². The van der Waals surface area contributed by atoms with E-state index in [1.165, 1.54) is 11.8 Å². The SMILES string of the molecule is O=C(CSc1nccn1-c1cccc(Cl)c1)N1CCCC1c1ccc2c(c1)OCCO2. The number of carbonyl (C=O) groups excluding carboxylic acids is 1. The van der Waals surface area contributed by atoms with Crippen molar-refractivity contribution in [2.45, 2.75) is 24.0 Å². The molecular weight excluding hydrogens is 434 g/mol. The average Bonchev–Trinajstić information content (AvgIpc) is 3.47. The first-order valence-corrected chi connectivity index (χ1v) is 11.7. The quantitative estimate of drug-likeness (QED) is 0.519. The molecule has 0 aliphatic carbocycles. The van der Waals surface area contributed by atoms with E-state index in [1.807, 2.05) is 58.1 Å². The summed E-state index contributed by atoms with van der Waals surface area (Å²) in [6, 6.07) is 13.7. The fraction of sp³-hybridized carbons (Fsp3) is 0.304. The third-order valence-electron chi connectivity index (χ3n) is 5.54. The fourth-order valence-electron chi connectivity index (χ4n) is 4.11. The fourth-order valence-corrected chi connectivity index (χ4v) is 5.15. The van der Waals surface area contributed by atoms with Crippen LogP contribution in [-0.2, 0) is 4.79 Å². The van der Waals surface area contributed by atoms with Crippen LogP contribution < -0.4 is 9.47 Å². The lowest BCUT2D eigenvalue weighted by Gasteiger charge is -2.26. The number of halogens is 1. The van der Waals surface area contributed by atoms with E-state index in [0.717, 1.165) is 47.3 Å². The standard InChI is InChI=1S/C23H22ClN3O3S/c24-17-3-1-4-18(14-17)26-10-8-25-23(26)31-15-22(28)27-9-2-5-19(27)16-6-7-20-21(13-16)30-12-11-29-20/h1,3-4,6-8,10,13-14,19H,2,5,9,11-12,15H2. The summed E-state index contributed by atoms with van der Waals surface area (Å²) in [6.45, 7) is 1.89. The molecule has 8 heteroatoms. The second kappa shape index (κ2) is 8.85. The maximum atomic E-state index is 13.1. The van der Waals surface area contributed by atoms with Crippen LogP contribution in [0.3, 0.4) is 0 Å². The molecule has 1 atom stereocenters. The molecule has 1 saturated heterocycles. The zero-order valence-electron chi connectivity index (χ0n) is 16.9. The van der Waals surface area contributed by atoms with Gasteiger partial charge in [-0.15, -0.1) is 0 Å². The van der Waals surface area contributed by atoms with Gasteiger partial charge in [0.25, 0.3) is 0 Å². The molecule has 1 fully saturated rings. The van der Waals surface area contributed by atoms with Crippen molar-refractivity contribution in [2.24, 2.45) is 0 Å². The lowest BCUT2D eigenvalue weighted by molar-refractivity contribution is -0.129. The van der Waals surface area contributed by atoms with Crippen LogP contribution in [0.2, 0.25) is 5.02 Å². The minimum Gasteiger partial charge on any atom is -0.486 e. The van der Waals surface area contributed by atoms with E-state index in [4.69, 9.17) is 21.1 Å². The summed E-state index contributed by atoms with van der Waals surface area (Å²) in [7, 11) is 0. The highest BCUT2D eigenvalue weighted by Crippen LogP contribution is 2.38. The molecule has 1 amide bonds. The van der Waals surface area contributed by atoms with E-state index in [1.54, 1.807) is 6.20 Å². The summed E-state index contributed by atoms with van der Waals surface area (Å²) in [5, 5.41) is 1.43. The Bertz CT molecular complexity index is 1100. The number of imidazole rings is 1. The Morgan fingerprint density at radius 3 is 2.90 bits per heavy atom. The highest BCUT2D eigenvalue weighted by atomic mass is 35.5. The molecule has 3 heterocycles. The number of aromatic nitrogens is 2. The van der Waals surface area contributed by atoms with Gasteiger partial charge in [-0.1, -0.05) is 35.5 Å². The maximum Gasteiger partial charge on any atom is 0.233 e. The molecule has 6 nitrogen and oxygen atoms in total. The number of likely N-dealkylation sites (tertiary alicyclic amines) is 1. The molecule has 2 aromatic carbocycles. The molecule has 2 aliphatic heterocycles. The first kappa shape index (κ1) is 20.3. The van der Waals surface area contributed by atoms with Crippen LogP contribution in [0.25, 0.3) is 5.69 Å². The van der Waals surface area contributed by atoms with Gasteiger partial charge in [0.1, 0.15) is 13.2 Å². The number of benzene rings is 2. The minimum absolute atomic E-state index is 0.0663. The monoisotopic (exact) mass is 455 g/mol. The molecule has 0 spiro atoms. The molecule has 3 aromatic rings. The normalized spacial score (nSPS) is 17.7. The first-order chi connectivity index (χ1) is 15.2.